The van der Waals surface area contributed by atoms with E-state index in [0.717, 1.165) is 18.4 Å². The first-order valence-corrected chi connectivity index (χ1v) is 12.8. The third-order valence-corrected chi connectivity index (χ3v) is 6.91. The van der Waals surface area contributed by atoms with E-state index in [4.69, 9.17) is 4.74 Å². The van der Waals surface area contributed by atoms with Gasteiger partial charge in [0.25, 0.3) is 0 Å². The molecule has 6 atom stereocenters. The van der Waals surface area contributed by atoms with E-state index in [1.54, 1.807) is 11.8 Å². The number of ether oxygens (including phenoxy) is 1. The molecule has 3 rings (SSSR count). The number of hydrogen-bond donors (Lipinski definition) is 2. The zero-order chi connectivity index (χ0) is 25.8. The van der Waals surface area contributed by atoms with Crippen molar-refractivity contribution in [2.75, 3.05) is 13.2 Å². The Morgan fingerprint density at radius 3 is 2.40 bits per heavy atom. The Morgan fingerprint density at radius 2 is 1.83 bits per heavy atom. The Labute approximate surface area is 208 Å². The van der Waals surface area contributed by atoms with E-state index in [1.807, 2.05) is 70.2 Å². The molecule has 0 radical (unpaired) electrons. The summed E-state index contributed by atoms with van der Waals surface area (Å²) < 4.78 is 5.41. The Morgan fingerprint density at radius 1 is 1.14 bits per heavy atom. The Kier molecular flexibility index (Phi) is 8.75. The zero-order valence-electron chi connectivity index (χ0n) is 21.6. The van der Waals surface area contributed by atoms with Crippen LogP contribution in [0.15, 0.2) is 42.5 Å². The number of esters is 1. The first-order chi connectivity index (χ1) is 16.6. The summed E-state index contributed by atoms with van der Waals surface area (Å²) in [6, 6.07) is 8.21. The van der Waals surface area contributed by atoms with Crippen LogP contribution in [0.2, 0.25) is 0 Å². The first-order valence-electron chi connectivity index (χ1n) is 12.8. The smallest absolute Gasteiger partial charge is 0.310 e. The molecule has 7 nitrogen and oxygen atoms in total. The van der Waals surface area contributed by atoms with E-state index in [-0.39, 0.29) is 36.9 Å². The predicted octanol–water partition coefficient (Wildman–Crippen LogP) is 3.11. The number of hydrogen-bond acceptors (Lipinski definition) is 5. The highest BCUT2D eigenvalue weighted by Gasteiger charge is 2.59. The highest BCUT2D eigenvalue weighted by molar-refractivity contribution is 5.96. The van der Waals surface area contributed by atoms with Gasteiger partial charge in [-0.2, -0.15) is 0 Å². The summed E-state index contributed by atoms with van der Waals surface area (Å²) in [5, 5.41) is 13.4. The van der Waals surface area contributed by atoms with Crippen LogP contribution in [0.25, 0.3) is 0 Å². The van der Waals surface area contributed by atoms with Crippen molar-refractivity contribution >= 4 is 17.8 Å². The fourth-order valence-corrected chi connectivity index (χ4v) is 5.59. The molecule has 2 amide bonds. The molecule has 1 aromatic rings. The SMILES string of the molecule is CCC[C@@H]1C=C[C@H]2[C@@H](C(=O)N([C@@H](CO)Cc3ccccc3)[C@@H]2C(=O)NC(C)(C)C)[C@@H]1C(=O)OCC. The normalized spacial score (nSPS) is 26.9. The van der Waals surface area contributed by atoms with Gasteiger partial charge in [0.05, 0.1) is 31.1 Å². The predicted molar refractivity (Wildman–Crippen MR) is 134 cm³/mol. The highest BCUT2D eigenvalue weighted by Crippen LogP contribution is 2.46. The summed E-state index contributed by atoms with van der Waals surface area (Å²) in [7, 11) is 0. The molecule has 35 heavy (non-hydrogen) atoms. The number of carbonyl (C=O) groups is 3. The maximum atomic E-state index is 14.1. The van der Waals surface area contributed by atoms with Gasteiger partial charge in [0.15, 0.2) is 0 Å². The first kappa shape index (κ1) is 26.9. The van der Waals surface area contributed by atoms with Crippen LogP contribution in [-0.4, -0.2) is 58.6 Å². The Hall–Kier alpha value is -2.67. The van der Waals surface area contributed by atoms with Crippen LogP contribution < -0.4 is 5.32 Å². The van der Waals surface area contributed by atoms with Gasteiger partial charge in [-0.15, -0.1) is 0 Å². The van der Waals surface area contributed by atoms with E-state index >= 15 is 0 Å². The number of amides is 2. The number of aliphatic hydroxyl groups excluding tert-OH is 1. The largest absolute Gasteiger partial charge is 0.466 e. The second-order valence-electron chi connectivity index (χ2n) is 10.7. The van der Waals surface area contributed by atoms with Crippen LogP contribution in [0.3, 0.4) is 0 Å². The minimum atomic E-state index is -0.816. The standard InChI is InChI=1S/C28H40N2O5/c1-6-11-19-14-15-21-23(22(19)27(34)35-7-2)26(33)30(24(21)25(32)29-28(3,4)5)20(17-31)16-18-12-9-8-10-13-18/h8-10,12-15,19-24,31H,6-7,11,16-17H2,1-5H3,(H,29,32)/t19-,20-,21+,22-,23-,24+/m1/s1. The molecule has 1 aliphatic heterocycles. The van der Waals surface area contributed by atoms with Crippen LogP contribution in [0.1, 0.15) is 53.0 Å². The van der Waals surface area contributed by atoms with E-state index in [9.17, 15) is 19.5 Å². The van der Waals surface area contributed by atoms with Crippen molar-refractivity contribution < 1.29 is 24.2 Å². The van der Waals surface area contributed by atoms with Crippen molar-refractivity contribution in [3.05, 3.63) is 48.0 Å². The van der Waals surface area contributed by atoms with E-state index in [0.29, 0.717) is 6.42 Å². The zero-order valence-corrected chi connectivity index (χ0v) is 21.6. The van der Waals surface area contributed by atoms with Gasteiger partial charge in [0, 0.05) is 11.5 Å². The summed E-state index contributed by atoms with van der Waals surface area (Å²) in [5.74, 6) is -2.87. The monoisotopic (exact) mass is 484 g/mol. The van der Waals surface area contributed by atoms with Gasteiger partial charge in [-0.3, -0.25) is 14.4 Å². The molecule has 1 heterocycles. The number of nitrogens with one attached hydrogen (secondary N) is 1. The number of carbonyl (C=O) groups excluding carboxylic acids is 3. The molecule has 0 aromatic heterocycles. The van der Waals surface area contributed by atoms with Crippen LogP contribution in [0.5, 0.6) is 0 Å². The molecule has 0 bridgehead atoms. The third-order valence-electron chi connectivity index (χ3n) is 6.91. The summed E-state index contributed by atoms with van der Waals surface area (Å²) in [6.07, 6.45) is 5.96. The number of likely N-dealkylation sites (tertiary alicyclic amines) is 1. The van der Waals surface area contributed by atoms with Crippen molar-refractivity contribution in [1.29, 1.82) is 0 Å². The second kappa shape index (κ2) is 11.4. The van der Waals surface area contributed by atoms with Gasteiger partial charge >= 0.3 is 5.97 Å². The average Bonchev–Trinajstić information content (AvgIpc) is 3.09. The highest BCUT2D eigenvalue weighted by atomic mass is 16.5. The molecule has 1 saturated heterocycles. The van der Waals surface area contributed by atoms with E-state index < -0.39 is 35.4 Å². The Balaban J connectivity index is 2.06. The van der Waals surface area contributed by atoms with Crippen molar-refractivity contribution in [3.63, 3.8) is 0 Å². The molecule has 1 fully saturated rings. The van der Waals surface area contributed by atoms with Crippen LogP contribution in [0, 0.1) is 23.7 Å². The fourth-order valence-electron chi connectivity index (χ4n) is 5.59. The maximum Gasteiger partial charge on any atom is 0.310 e. The average molecular weight is 485 g/mol. The molecule has 0 spiro atoms. The Bertz CT molecular complexity index is 923. The van der Waals surface area contributed by atoms with Gasteiger partial charge in [-0.1, -0.05) is 55.8 Å². The van der Waals surface area contributed by atoms with Gasteiger partial charge in [-0.25, -0.2) is 0 Å². The number of fused-ring (bicyclic) bond motifs is 1. The maximum absolute atomic E-state index is 14.1. The number of rotatable bonds is 9. The molecular formula is C28H40N2O5. The molecule has 0 saturated carbocycles. The van der Waals surface area contributed by atoms with E-state index in [1.165, 1.54) is 0 Å². The van der Waals surface area contributed by atoms with Crippen LogP contribution in [-0.2, 0) is 25.5 Å². The minimum Gasteiger partial charge on any atom is -0.466 e. The quantitative estimate of drug-likeness (QED) is 0.415. The van der Waals surface area contributed by atoms with Crippen LogP contribution in [0.4, 0.5) is 0 Å². The molecular weight excluding hydrogens is 444 g/mol. The van der Waals surface area contributed by atoms with Gasteiger partial charge in [0.2, 0.25) is 11.8 Å². The number of benzene rings is 1. The molecule has 1 aliphatic carbocycles. The number of nitrogens with zero attached hydrogens (tertiary/aromatic N) is 1. The number of aliphatic hydroxyl groups is 1. The van der Waals surface area contributed by atoms with Gasteiger partial charge in [0.1, 0.15) is 6.04 Å². The molecule has 2 aliphatic rings. The third kappa shape index (κ3) is 5.95. The topological polar surface area (TPSA) is 95.9 Å². The summed E-state index contributed by atoms with van der Waals surface area (Å²) in [6.45, 7) is 9.43. The van der Waals surface area contributed by atoms with E-state index in [2.05, 4.69) is 5.32 Å². The lowest BCUT2D eigenvalue weighted by atomic mass is 9.68. The lowest BCUT2D eigenvalue weighted by Gasteiger charge is -2.35. The van der Waals surface area contributed by atoms with Crippen molar-refractivity contribution in [2.24, 2.45) is 23.7 Å². The summed E-state index contributed by atoms with van der Waals surface area (Å²) in [5.41, 5.74) is 0.465. The van der Waals surface area contributed by atoms with Gasteiger partial charge < -0.3 is 20.1 Å². The number of allylic oxidation sites excluding steroid dienone is 1. The summed E-state index contributed by atoms with van der Waals surface area (Å²) in [4.78, 5) is 42.4. The minimum absolute atomic E-state index is 0.128. The summed E-state index contributed by atoms with van der Waals surface area (Å²) >= 11 is 0. The molecule has 2 N–H and O–H groups in total. The lowest BCUT2D eigenvalue weighted by molar-refractivity contribution is -0.156. The second-order valence-corrected chi connectivity index (χ2v) is 10.7. The van der Waals surface area contributed by atoms with Crippen molar-refractivity contribution in [2.45, 2.75) is 71.5 Å². The lowest BCUT2D eigenvalue weighted by Crippen LogP contribution is -2.56. The van der Waals surface area contributed by atoms with Crippen LogP contribution >= 0.6 is 0 Å². The fraction of sp³-hybridized carbons (Fsp3) is 0.607. The molecule has 0 unspecified atom stereocenters. The van der Waals surface area contributed by atoms with Crippen molar-refractivity contribution in [3.8, 4) is 0 Å². The molecule has 192 valence electrons. The van der Waals surface area contributed by atoms with Gasteiger partial charge in [-0.05, 0) is 52.0 Å². The van der Waals surface area contributed by atoms with Crippen molar-refractivity contribution in [1.82, 2.24) is 10.2 Å². The molecule has 7 heteroatoms. The molecule has 1 aromatic carbocycles.